The summed E-state index contributed by atoms with van der Waals surface area (Å²) in [5.41, 5.74) is 1.99. The maximum atomic E-state index is 12.2. The van der Waals surface area contributed by atoms with Crippen molar-refractivity contribution >= 4 is 21.4 Å². The Morgan fingerprint density at radius 3 is 2.81 bits per heavy atom. The molecule has 1 fully saturated rings. The lowest BCUT2D eigenvalue weighted by Gasteiger charge is -2.17. The van der Waals surface area contributed by atoms with E-state index in [4.69, 9.17) is 0 Å². The minimum absolute atomic E-state index is 0.0738. The monoisotopic (exact) mass is 308 g/mol. The molecule has 2 aliphatic rings. The van der Waals surface area contributed by atoms with Gasteiger partial charge in [-0.05, 0) is 37.3 Å². The summed E-state index contributed by atoms with van der Waals surface area (Å²) in [5, 5.41) is 5.73. The minimum Gasteiger partial charge on any atom is -0.324 e. The lowest BCUT2D eigenvalue weighted by atomic mass is 10.1. The average Bonchev–Trinajstić information content (AvgIpc) is 2.70. The van der Waals surface area contributed by atoms with Gasteiger partial charge in [0.1, 0.15) is 0 Å². The van der Waals surface area contributed by atoms with Gasteiger partial charge < -0.3 is 10.6 Å². The van der Waals surface area contributed by atoms with Gasteiger partial charge in [-0.15, -0.1) is 0 Å². The number of hydrogen-bond acceptors (Lipinski definition) is 4. The van der Waals surface area contributed by atoms with Crippen molar-refractivity contribution in [1.29, 1.82) is 0 Å². The third-order valence-electron chi connectivity index (χ3n) is 4.35. The fourth-order valence-corrected chi connectivity index (χ4v) is 4.85. The van der Waals surface area contributed by atoms with E-state index in [0.717, 1.165) is 24.1 Å². The number of nitrogens with one attached hydrogen (secondary N) is 2. The molecule has 2 atom stereocenters. The Balaban J connectivity index is 1.64. The number of fused-ring (bicyclic) bond motifs is 1. The molecule has 114 valence electrons. The van der Waals surface area contributed by atoms with Crippen molar-refractivity contribution in [2.75, 3.05) is 17.6 Å². The Morgan fingerprint density at radius 1 is 1.24 bits per heavy atom. The van der Waals surface area contributed by atoms with Crippen LogP contribution < -0.4 is 10.6 Å². The fourth-order valence-electron chi connectivity index (χ4n) is 3.07. The maximum Gasteiger partial charge on any atom is 0.241 e. The molecule has 3 rings (SSSR count). The zero-order valence-electron chi connectivity index (χ0n) is 11.8. The van der Waals surface area contributed by atoms with Gasteiger partial charge in [-0.3, -0.25) is 4.79 Å². The molecule has 21 heavy (non-hydrogen) atoms. The first-order valence-corrected chi connectivity index (χ1v) is 9.11. The van der Waals surface area contributed by atoms with E-state index < -0.39 is 9.84 Å². The van der Waals surface area contributed by atoms with E-state index in [1.165, 1.54) is 0 Å². The topological polar surface area (TPSA) is 75.3 Å². The first-order valence-electron chi connectivity index (χ1n) is 7.40. The first kappa shape index (κ1) is 14.5. The van der Waals surface area contributed by atoms with Crippen LogP contribution in [-0.2, 0) is 21.1 Å². The number of rotatable bonds is 3. The standard InChI is InChI=1S/C15H20N2O3S/c18-15-14(16-10-12-5-3-9-21(12,19)20)8-7-11-4-1-2-6-13(11)17-15/h1-2,4,6,12,14,16H,3,5,7-10H2,(H,17,18). The smallest absolute Gasteiger partial charge is 0.241 e. The molecule has 0 radical (unpaired) electrons. The molecule has 1 aromatic rings. The van der Waals surface area contributed by atoms with Crippen LogP contribution in [0.2, 0.25) is 0 Å². The van der Waals surface area contributed by atoms with E-state index in [-0.39, 0.29) is 23.0 Å². The largest absolute Gasteiger partial charge is 0.324 e. The van der Waals surface area contributed by atoms with E-state index in [1.807, 2.05) is 24.3 Å². The van der Waals surface area contributed by atoms with Crippen molar-refractivity contribution in [1.82, 2.24) is 5.32 Å². The van der Waals surface area contributed by atoms with Gasteiger partial charge in [0.2, 0.25) is 5.91 Å². The van der Waals surface area contributed by atoms with E-state index in [0.29, 0.717) is 19.4 Å². The van der Waals surface area contributed by atoms with Crippen LogP contribution in [0.25, 0.3) is 0 Å². The van der Waals surface area contributed by atoms with Crippen LogP contribution in [0.15, 0.2) is 24.3 Å². The zero-order chi connectivity index (χ0) is 14.9. The van der Waals surface area contributed by atoms with E-state index in [1.54, 1.807) is 0 Å². The third kappa shape index (κ3) is 3.11. The molecule has 1 amide bonds. The molecular weight excluding hydrogens is 288 g/mol. The van der Waals surface area contributed by atoms with Gasteiger partial charge in [0.25, 0.3) is 0 Å². The maximum absolute atomic E-state index is 12.2. The number of aryl methyl sites for hydroxylation is 1. The Kier molecular flexibility index (Phi) is 3.99. The van der Waals surface area contributed by atoms with Crippen molar-refractivity contribution in [2.45, 2.75) is 37.0 Å². The predicted octanol–water partition coefficient (Wildman–Crippen LogP) is 1.11. The van der Waals surface area contributed by atoms with Crippen LogP contribution >= 0.6 is 0 Å². The average molecular weight is 308 g/mol. The van der Waals surface area contributed by atoms with Crippen molar-refractivity contribution in [2.24, 2.45) is 0 Å². The zero-order valence-corrected chi connectivity index (χ0v) is 12.7. The van der Waals surface area contributed by atoms with Gasteiger partial charge in [-0.2, -0.15) is 0 Å². The van der Waals surface area contributed by atoms with E-state index in [9.17, 15) is 13.2 Å². The summed E-state index contributed by atoms with van der Waals surface area (Å²) < 4.78 is 23.6. The lowest BCUT2D eigenvalue weighted by Crippen LogP contribution is -2.44. The highest BCUT2D eigenvalue weighted by atomic mass is 32.2. The SMILES string of the molecule is O=C1Nc2ccccc2CCC1NCC1CCCS1(=O)=O. The van der Waals surface area contributed by atoms with Crippen LogP contribution in [-0.4, -0.2) is 37.9 Å². The highest BCUT2D eigenvalue weighted by molar-refractivity contribution is 7.92. The Labute approximate surface area is 125 Å². The van der Waals surface area contributed by atoms with Crippen molar-refractivity contribution in [3.8, 4) is 0 Å². The highest BCUT2D eigenvalue weighted by Crippen LogP contribution is 2.23. The lowest BCUT2D eigenvalue weighted by molar-refractivity contribution is -0.118. The number of para-hydroxylation sites is 1. The van der Waals surface area contributed by atoms with E-state index >= 15 is 0 Å². The normalized spacial score (nSPS) is 27.7. The number of amides is 1. The number of carbonyl (C=O) groups excluding carboxylic acids is 1. The first-order chi connectivity index (χ1) is 10.1. The summed E-state index contributed by atoms with van der Waals surface area (Å²) in [6.07, 6.45) is 2.93. The number of sulfone groups is 1. The molecule has 1 aromatic carbocycles. The third-order valence-corrected chi connectivity index (χ3v) is 6.62. The molecule has 5 nitrogen and oxygen atoms in total. The molecule has 0 bridgehead atoms. The summed E-state index contributed by atoms with van der Waals surface area (Å²) in [6.45, 7) is 0.372. The molecule has 6 heteroatoms. The van der Waals surface area contributed by atoms with Crippen LogP contribution in [0.5, 0.6) is 0 Å². The molecular formula is C15H20N2O3S. The molecule has 1 saturated heterocycles. The predicted molar refractivity (Wildman–Crippen MR) is 82.0 cm³/mol. The number of anilines is 1. The Morgan fingerprint density at radius 2 is 2.05 bits per heavy atom. The highest BCUT2D eigenvalue weighted by Gasteiger charge is 2.32. The minimum atomic E-state index is -2.96. The second-order valence-corrected chi connectivity index (χ2v) is 8.18. The molecule has 0 aliphatic carbocycles. The number of hydrogen-bond donors (Lipinski definition) is 2. The molecule has 0 saturated carbocycles. The Hall–Kier alpha value is -1.40. The Bertz CT molecular complexity index is 642. The van der Waals surface area contributed by atoms with Crippen LogP contribution in [0, 0.1) is 0 Å². The van der Waals surface area contributed by atoms with Gasteiger partial charge in [-0.25, -0.2) is 8.42 Å². The van der Waals surface area contributed by atoms with Crippen LogP contribution in [0.3, 0.4) is 0 Å². The van der Waals surface area contributed by atoms with Gasteiger partial charge in [0, 0.05) is 12.2 Å². The van der Waals surface area contributed by atoms with Gasteiger partial charge >= 0.3 is 0 Å². The summed E-state index contributed by atoms with van der Waals surface area (Å²) >= 11 is 0. The fraction of sp³-hybridized carbons (Fsp3) is 0.533. The number of benzene rings is 1. The molecule has 2 aliphatic heterocycles. The van der Waals surface area contributed by atoms with E-state index in [2.05, 4.69) is 10.6 Å². The quantitative estimate of drug-likeness (QED) is 0.877. The van der Waals surface area contributed by atoms with Crippen molar-refractivity contribution in [3.05, 3.63) is 29.8 Å². The summed E-state index contributed by atoms with van der Waals surface area (Å²) in [7, 11) is -2.96. The van der Waals surface area contributed by atoms with Crippen molar-refractivity contribution in [3.63, 3.8) is 0 Å². The molecule has 0 spiro atoms. The summed E-state index contributed by atoms with van der Waals surface area (Å²) in [4.78, 5) is 12.2. The molecule has 2 unspecified atom stereocenters. The molecule has 2 N–H and O–H groups in total. The summed E-state index contributed by atoms with van der Waals surface area (Å²) in [6, 6.07) is 7.45. The second-order valence-electron chi connectivity index (χ2n) is 5.78. The van der Waals surface area contributed by atoms with Gasteiger partial charge in [-0.1, -0.05) is 18.2 Å². The number of carbonyl (C=O) groups is 1. The van der Waals surface area contributed by atoms with Crippen LogP contribution in [0.1, 0.15) is 24.8 Å². The summed E-state index contributed by atoms with van der Waals surface area (Å²) in [5.74, 6) is 0.206. The molecule has 0 aromatic heterocycles. The van der Waals surface area contributed by atoms with Crippen LogP contribution in [0.4, 0.5) is 5.69 Å². The van der Waals surface area contributed by atoms with Crippen molar-refractivity contribution < 1.29 is 13.2 Å². The molecule has 2 heterocycles. The second kappa shape index (κ2) is 5.77. The van der Waals surface area contributed by atoms with Gasteiger partial charge in [0.15, 0.2) is 9.84 Å². The van der Waals surface area contributed by atoms with Gasteiger partial charge in [0.05, 0.1) is 17.0 Å².